The Balaban J connectivity index is 1.46. The highest BCUT2D eigenvalue weighted by Gasteiger charge is 2.30. The molecule has 0 N–H and O–H groups in total. The van der Waals surface area contributed by atoms with Crippen LogP contribution in [-0.2, 0) is 11.3 Å². The minimum absolute atomic E-state index is 0.00196. The topological polar surface area (TPSA) is 58.0 Å². The Labute approximate surface area is 203 Å². The number of amides is 2. The van der Waals surface area contributed by atoms with Crippen LogP contribution >= 0.6 is 0 Å². The molecule has 1 fully saturated rings. The monoisotopic (exact) mass is 468 g/mol. The Hall–Kier alpha value is -2.54. The minimum atomic E-state index is -0.0770. The SMILES string of the molecule is CC(C)N1CCC(Oc2ccc3c(c2)cc2n3CCN(CC(=O)N(C(C)C)C(C)C)C2=O)CC1. The lowest BCUT2D eigenvalue weighted by atomic mass is 10.1. The number of likely N-dealkylation sites (tertiary alicyclic amines) is 1. The van der Waals surface area contributed by atoms with Crippen molar-refractivity contribution >= 4 is 22.7 Å². The second kappa shape index (κ2) is 9.98. The number of rotatable bonds is 7. The quantitative estimate of drug-likeness (QED) is 0.617. The normalized spacial score (nSPS) is 17.8. The molecular formula is C27H40N4O3. The molecule has 0 spiro atoms. The summed E-state index contributed by atoms with van der Waals surface area (Å²) < 4.78 is 8.39. The summed E-state index contributed by atoms with van der Waals surface area (Å²) in [6.07, 6.45) is 2.30. The molecule has 0 aliphatic carbocycles. The van der Waals surface area contributed by atoms with Crippen molar-refractivity contribution < 1.29 is 14.3 Å². The van der Waals surface area contributed by atoms with Gasteiger partial charge in [0.05, 0.1) is 0 Å². The first-order chi connectivity index (χ1) is 16.2. The second-order valence-corrected chi connectivity index (χ2v) is 10.6. The van der Waals surface area contributed by atoms with Gasteiger partial charge in [-0.2, -0.15) is 0 Å². The molecule has 34 heavy (non-hydrogen) atoms. The summed E-state index contributed by atoms with van der Waals surface area (Å²) in [6, 6.07) is 8.88. The minimum Gasteiger partial charge on any atom is -0.490 e. The fraction of sp³-hybridized carbons (Fsp3) is 0.630. The molecule has 0 bridgehead atoms. The predicted molar refractivity (Wildman–Crippen MR) is 135 cm³/mol. The van der Waals surface area contributed by atoms with E-state index in [4.69, 9.17) is 4.74 Å². The highest BCUT2D eigenvalue weighted by atomic mass is 16.5. The highest BCUT2D eigenvalue weighted by Crippen LogP contribution is 2.29. The number of aromatic nitrogens is 1. The molecule has 3 heterocycles. The molecule has 0 unspecified atom stereocenters. The molecule has 1 saturated heterocycles. The van der Waals surface area contributed by atoms with Gasteiger partial charge in [-0.05, 0) is 78.6 Å². The Morgan fingerprint density at radius 2 is 1.68 bits per heavy atom. The number of hydrogen-bond acceptors (Lipinski definition) is 4. The maximum Gasteiger partial charge on any atom is 0.271 e. The van der Waals surface area contributed by atoms with Gasteiger partial charge in [0.2, 0.25) is 5.91 Å². The fourth-order valence-corrected chi connectivity index (χ4v) is 5.50. The van der Waals surface area contributed by atoms with E-state index < -0.39 is 0 Å². The molecular weight excluding hydrogens is 428 g/mol. The lowest BCUT2D eigenvalue weighted by Crippen LogP contribution is -2.50. The molecule has 2 aliphatic rings. The van der Waals surface area contributed by atoms with E-state index >= 15 is 0 Å². The lowest BCUT2D eigenvalue weighted by Gasteiger charge is -2.34. The smallest absolute Gasteiger partial charge is 0.271 e. The van der Waals surface area contributed by atoms with Gasteiger partial charge in [-0.3, -0.25) is 9.59 Å². The van der Waals surface area contributed by atoms with Crippen molar-refractivity contribution in [2.45, 2.75) is 85.2 Å². The molecule has 0 radical (unpaired) electrons. The van der Waals surface area contributed by atoms with Crippen LogP contribution in [0.15, 0.2) is 24.3 Å². The predicted octanol–water partition coefficient (Wildman–Crippen LogP) is 3.99. The van der Waals surface area contributed by atoms with Crippen molar-refractivity contribution in [2.75, 3.05) is 26.2 Å². The van der Waals surface area contributed by atoms with Gasteiger partial charge >= 0.3 is 0 Å². The Morgan fingerprint density at radius 1 is 1.00 bits per heavy atom. The van der Waals surface area contributed by atoms with Crippen molar-refractivity contribution in [3.8, 4) is 5.75 Å². The average Bonchev–Trinajstić information content (AvgIpc) is 3.14. The Morgan fingerprint density at radius 3 is 2.29 bits per heavy atom. The summed E-state index contributed by atoms with van der Waals surface area (Å²) in [7, 11) is 0. The number of carbonyl (C=O) groups is 2. The molecule has 0 atom stereocenters. The molecule has 7 nitrogen and oxygen atoms in total. The molecule has 1 aromatic heterocycles. The molecule has 186 valence electrons. The second-order valence-electron chi connectivity index (χ2n) is 10.6. The Bertz CT molecular complexity index is 1030. The van der Waals surface area contributed by atoms with Crippen LogP contribution in [0.1, 0.15) is 64.9 Å². The molecule has 7 heteroatoms. The van der Waals surface area contributed by atoms with Crippen LogP contribution in [0.25, 0.3) is 10.9 Å². The van der Waals surface area contributed by atoms with Crippen LogP contribution in [0.5, 0.6) is 5.75 Å². The van der Waals surface area contributed by atoms with E-state index in [0.717, 1.165) is 42.6 Å². The standard InChI is InChI=1S/C27H40N4O3/c1-18(2)28-11-9-22(10-12-28)34-23-7-8-24-21(15-23)16-25-27(33)29(13-14-30(24)25)17-26(32)31(19(3)4)20(5)6/h7-8,15-16,18-20,22H,9-14,17H2,1-6H3. The lowest BCUT2D eigenvalue weighted by molar-refractivity contribution is -0.135. The highest BCUT2D eigenvalue weighted by molar-refractivity contribution is 6.01. The van der Waals surface area contributed by atoms with Crippen LogP contribution in [0, 0.1) is 0 Å². The van der Waals surface area contributed by atoms with Gasteiger partial charge in [0, 0.05) is 55.2 Å². The number of piperidine rings is 1. The number of nitrogens with zero attached hydrogens (tertiary/aromatic N) is 4. The van der Waals surface area contributed by atoms with Gasteiger partial charge in [0.25, 0.3) is 5.91 Å². The van der Waals surface area contributed by atoms with Crippen LogP contribution in [0.4, 0.5) is 0 Å². The Kier molecular flexibility index (Phi) is 7.22. The van der Waals surface area contributed by atoms with Crippen molar-refractivity contribution in [3.05, 3.63) is 30.0 Å². The van der Waals surface area contributed by atoms with E-state index in [-0.39, 0.29) is 36.5 Å². The van der Waals surface area contributed by atoms with Crippen molar-refractivity contribution in [2.24, 2.45) is 0 Å². The summed E-state index contributed by atoms with van der Waals surface area (Å²) in [5, 5.41) is 1.01. The first kappa shape index (κ1) is 24.6. The van der Waals surface area contributed by atoms with Gasteiger partial charge in [-0.1, -0.05) is 0 Å². The third kappa shape index (κ3) is 4.95. The zero-order chi connectivity index (χ0) is 24.6. The number of benzene rings is 1. The molecule has 1 aromatic carbocycles. The van der Waals surface area contributed by atoms with Crippen LogP contribution < -0.4 is 4.74 Å². The van der Waals surface area contributed by atoms with E-state index in [9.17, 15) is 9.59 Å². The average molecular weight is 469 g/mol. The molecule has 2 amide bonds. The maximum atomic E-state index is 13.3. The molecule has 0 saturated carbocycles. The molecule has 4 rings (SSSR count). The first-order valence-electron chi connectivity index (χ1n) is 12.8. The van der Waals surface area contributed by atoms with E-state index in [1.807, 2.05) is 44.7 Å². The van der Waals surface area contributed by atoms with Gasteiger partial charge < -0.3 is 24.0 Å². The summed E-state index contributed by atoms with van der Waals surface area (Å²) in [5.74, 6) is 0.788. The fourth-order valence-electron chi connectivity index (χ4n) is 5.50. The van der Waals surface area contributed by atoms with Gasteiger partial charge in [0.15, 0.2) is 0 Å². The number of ether oxygens (including phenoxy) is 1. The van der Waals surface area contributed by atoms with Gasteiger partial charge in [-0.25, -0.2) is 0 Å². The van der Waals surface area contributed by atoms with E-state index in [0.29, 0.717) is 24.8 Å². The van der Waals surface area contributed by atoms with Gasteiger partial charge in [0.1, 0.15) is 24.1 Å². The number of carbonyl (C=O) groups excluding carboxylic acids is 2. The van der Waals surface area contributed by atoms with Crippen LogP contribution in [-0.4, -0.2) is 81.5 Å². The summed E-state index contributed by atoms with van der Waals surface area (Å²) >= 11 is 0. The van der Waals surface area contributed by atoms with E-state index in [1.54, 1.807) is 4.90 Å². The summed E-state index contributed by atoms with van der Waals surface area (Å²) in [5.41, 5.74) is 1.69. The molecule has 2 aliphatic heterocycles. The van der Waals surface area contributed by atoms with Gasteiger partial charge in [-0.15, -0.1) is 0 Å². The van der Waals surface area contributed by atoms with Crippen LogP contribution in [0.3, 0.4) is 0 Å². The van der Waals surface area contributed by atoms with Crippen molar-refractivity contribution in [3.63, 3.8) is 0 Å². The zero-order valence-corrected chi connectivity index (χ0v) is 21.6. The number of fused-ring (bicyclic) bond motifs is 3. The largest absolute Gasteiger partial charge is 0.490 e. The van der Waals surface area contributed by atoms with Crippen LogP contribution in [0.2, 0.25) is 0 Å². The van der Waals surface area contributed by atoms with Crippen molar-refractivity contribution in [1.82, 2.24) is 19.3 Å². The summed E-state index contributed by atoms with van der Waals surface area (Å²) in [6.45, 7) is 16.0. The third-order valence-corrected chi connectivity index (χ3v) is 7.21. The first-order valence-corrected chi connectivity index (χ1v) is 12.8. The van der Waals surface area contributed by atoms with E-state index in [2.05, 4.69) is 35.4 Å². The van der Waals surface area contributed by atoms with Crippen molar-refractivity contribution in [1.29, 1.82) is 0 Å². The maximum absolute atomic E-state index is 13.3. The third-order valence-electron chi connectivity index (χ3n) is 7.21. The zero-order valence-electron chi connectivity index (χ0n) is 21.6. The number of hydrogen-bond donors (Lipinski definition) is 0. The molecule has 2 aromatic rings. The summed E-state index contributed by atoms with van der Waals surface area (Å²) in [4.78, 5) is 32.2. The van der Waals surface area contributed by atoms with E-state index in [1.165, 1.54) is 0 Å².